The zero-order chi connectivity index (χ0) is 15.7. The van der Waals surface area contributed by atoms with Gasteiger partial charge in [0.15, 0.2) is 0 Å². The minimum atomic E-state index is -0.0702. The lowest BCUT2D eigenvalue weighted by molar-refractivity contribution is 0.573. The Morgan fingerprint density at radius 3 is 2.27 bits per heavy atom. The fourth-order valence-corrected chi connectivity index (χ4v) is 2.54. The largest absolute Gasteiger partial charge is 0.357 e. The van der Waals surface area contributed by atoms with Crippen LogP contribution in [0.4, 0.5) is 0 Å². The molecule has 0 aliphatic carbocycles. The number of aromatic amines is 2. The Balaban J connectivity index is 2.27. The Bertz CT molecular complexity index is 836. The van der Waals surface area contributed by atoms with E-state index >= 15 is 0 Å². The number of hydrogen-bond acceptors (Lipinski definition) is 1. The van der Waals surface area contributed by atoms with Crippen LogP contribution in [0.1, 0.15) is 26.5 Å². The molecule has 3 heteroatoms. The number of aromatic nitrogens is 2. The molecule has 1 aromatic carbocycles. The third kappa shape index (κ3) is 2.62. The lowest BCUT2D eigenvalue weighted by atomic mass is 9.92. The van der Waals surface area contributed by atoms with E-state index in [0.29, 0.717) is 5.56 Å². The van der Waals surface area contributed by atoms with Gasteiger partial charge in [0.2, 0.25) is 0 Å². The second-order valence-electron chi connectivity index (χ2n) is 6.50. The molecule has 2 aromatic heterocycles. The maximum atomic E-state index is 12.2. The summed E-state index contributed by atoms with van der Waals surface area (Å²) in [5, 5.41) is 0. The number of nitrogens with one attached hydrogen (secondary N) is 2. The van der Waals surface area contributed by atoms with Gasteiger partial charge in [-0.15, -0.1) is 0 Å². The van der Waals surface area contributed by atoms with Gasteiger partial charge in [0.1, 0.15) is 0 Å². The van der Waals surface area contributed by atoms with Crippen molar-refractivity contribution in [3.05, 3.63) is 70.8 Å². The van der Waals surface area contributed by atoms with Crippen LogP contribution in [0.5, 0.6) is 0 Å². The number of hydrogen-bond donors (Lipinski definition) is 2. The number of benzene rings is 1. The Labute approximate surface area is 130 Å². The summed E-state index contributed by atoms with van der Waals surface area (Å²) in [5.41, 5.74) is 4.73. The van der Waals surface area contributed by atoms with E-state index in [1.165, 1.54) is 0 Å². The fraction of sp³-hybridized carbons (Fsp3) is 0.211. The molecule has 0 saturated heterocycles. The molecule has 0 radical (unpaired) electrons. The molecule has 3 aromatic rings. The van der Waals surface area contributed by atoms with Crippen molar-refractivity contribution in [3.8, 4) is 22.4 Å². The van der Waals surface area contributed by atoms with Crippen molar-refractivity contribution >= 4 is 0 Å². The van der Waals surface area contributed by atoms with Gasteiger partial charge in [0.05, 0.1) is 5.69 Å². The molecule has 0 unspecified atom stereocenters. The van der Waals surface area contributed by atoms with Crippen LogP contribution in [0, 0.1) is 0 Å². The standard InChI is InChI=1S/C19H20N2O/c1-19(2,3)16-12-15(14-10-7-11-20-18(14)22)17(21-16)13-8-5-4-6-9-13/h4-12,21H,1-3H3,(H,20,22). The first-order valence-electron chi connectivity index (χ1n) is 7.44. The second-order valence-corrected chi connectivity index (χ2v) is 6.50. The Hall–Kier alpha value is -2.55. The van der Waals surface area contributed by atoms with Crippen LogP contribution >= 0.6 is 0 Å². The highest BCUT2D eigenvalue weighted by Crippen LogP contribution is 2.34. The highest BCUT2D eigenvalue weighted by atomic mass is 16.1. The summed E-state index contributed by atoms with van der Waals surface area (Å²) in [6, 6.07) is 15.9. The van der Waals surface area contributed by atoms with Crippen LogP contribution in [0.15, 0.2) is 59.5 Å². The van der Waals surface area contributed by atoms with Crippen molar-refractivity contribution in [3.63, 3.8) is 0 Å². The minimum Gasteiger partial charge on any atom is -0.357 e. The summed E-state index contributed by atoms with van der Waals surface area (Å²) in [6.07, 6.45) is 1.66. The molecule has 3 nitrogen and oxygen atoms in total. The van der Waals surface area contributed by atoms with E-state index < -0.39 is 0 Å². The lowest BCUT2D eigenvalue weighted by Gasteiger charge is -2.16. The van der Waals surface area contributed by atoms with Crippen molar-refractivity contribution in [2.45, 2.75) is 26.2 Å². The molecule has 112 valence electrons. The Morgan fingerprint density at radius 2 is 1.64 bits per heavy atom. The fourth-order valence-electron chi connectivity index (χ4n) is 2.54. The third-order valence-electron chi connectivity index (χ3n) is 3.80. The molecule has 0 fully saturated rings. The molecule has 0 spiro atoms. The average Bonchev–Trinajstić information content (AvgIpc) is 2.94. The zero-order valence-corrected chi connectivity index (χ0v) is 13.1. The summed E-state index contributed by atoms with van der Waals surface area (Å²) in [7, 11) is 0. The van der Waals surface area contributed by atoms with E-state index in [1.807, 2.05) is 30.3 Å². The summed E-state index contributed by atoms with van der Waals surface area (Å²) in [4.78, 5) is 18.5. The van der Waals surface area contributed by atoms with Gasteiger partial charge in [-0.25, -0.2) is 0 Å². The Kier molecular flexibility index (Phi) is 3.49. The van der Waals surface area contributed by atoms with Crippen molar-refractivity contribution in [1.82, 2.24) is 9.97 Å². The predicted octanol–water partition coefficient (Wildman–Crippen LogP) is 4.33. The van der Waals surface area contributed by atoms with Gasteiger partial charge < -0.3 is 9.97 Å². The van der Waals surface area contributed by atoms with Crippen LogP contribution < -0.4 is 5.56 Å². The summed E-state index contributed by atoms with van der Waals surface area (Å²) in [6.45, 7) is 6.48. The SMILES string of the molecule is CC(C)(C)c1cc(-c2ccc[nH]c2=O)c(-c2ccccc2)[nH]1. The minimum absolute atomic E-state index is 0.0106. The van der Waals surface area contributed by atoms with Crippen LogP contribution in [0.25, 0.3) is 22.4 Å². The van der Waals surface area contributed by atoms with E-state index in [0.717, 1.165) is 22.5 Å². The summed E-state index contributed by atoms with van der Waals surface area (Å²) in [5.74, 6) is 0. The topological polar surface area (TPSA) is 48.6 Å². The second kappa shape index (κ2) is 5.34. The smallest absolute Gasteiger partial charge is 0.255 e. The monoisotopic (exact) mass is 292 g/mol. The number of rotatable bonds is 2. The highest BCUT2D eigenvalue weighted by molar-refractivity contribution is 5.81. The van der Waals surface area contributed by atoms with Crippen molar-refractivity contribution in [1.29, 1.82) is 0 Å². The van der Waals surface area contributed by atoms with Gasteiger partial charge in [-0.2, -0.15) is 0 Å². The molecule has 0 bridgehead atoms. The molecule has 0 aliphatic heterocycles. The first-order chi connectivity index (χ1) is 10.5. The van der Waals surface area contributed by atoms with Crippen molar-refractivity contribution in [2.75, 3.05) is 0 Å². The molecule has 22 heavy (non-hydrogen) atoms. The van der Waals surface area contributed by atoms with Gasteiger partial charge >= 0.3 is 0 Å². The molecular weight excluding hydrogens is 272 g/mol. The average molecular weight is 292 g/mol. The predicted molar refractivity (Wildman–Crippen MR) is 91.0 cm³/mol. The van der Waals surface area contributed by atoms with Gasteiger partial charge in [-0.05, 0) is 23.8 Å². The van der Waals surface area contributed by atoms with E-state index in [1.54, 1.807) is 6.20 Å². The molecule has 0 amide bonds. The molecule has 2 heterocycles. The molecule has 3 rings (SSSR count). The maximum Gasteiger partial charge on any atom is 0.255 e. The van der Waals surface area contributed by atoms with Crippen LogP contribution in [-0.4, -0.2) is 9.97 Å². The maximum absolute atomic E-state index is 12.2. The summed E-state index contributed by atoms with van der Waals surface area (Å²) >= 11 is 0. The van der Waals surface area contributed by atoms with E-state index in [2.05, 4.69) is 48.9 Å². The van der Waals surface area contributed by atoms with Crippen LogP contribution in [0.2, 0.25) is 0 Å². The quantitative estimate of drug-likeness (QED) is 0.725. The van der Waals surface area contributed by atoms with Crippen LogP contribution in [-0.2, 0) is 5.41 Å². The molecule has 2 N–H and O–H groups in total. The molecule has 0 atom stereocenters. The first-order valence-corrected chi connectivity index (χ1v) is 7.44. The normalized spacial score (nSPS) is 11.6. The van der Waals surface area contributed by atoms with E-state index in [4.69, 9.17) is 0 Å². The van der Waals surface area contributed by atoms with Crippen molar-refractivity contribution in [2.24, 2.45) is 0 Å². The van der Waals surface area contributed by atoms with E-state index in [-0.39, 0.29) is 11.0 Å². The van der Waals surface area contributed by atoms with Gasteiger partial charge in [-0.3, -0.25) is 4.79 Å². The number of H-pyrrole nitrogens is 2. The molecular formula is C19H20N2O. The van der Waals surface area contributed by atoms with Gasteiger partial charge in [-0.1, -0.05) is 51.1 Å². The van der Waals surface area contributed by atoms with Crippen molar-refractivity contribution < 1.29 is 0 Å². The summed E-state index contributed by atoms with van der Waals surface area (Å²) < 4.78 is 0. The lowest BCUT2D eigenvalue weighted by Crippen LogP contribution is -2.11. The first kappa shape index (κ1) is 14.4. The van der Waals surface area contributed by atoms with E-state index in [9.17, 15) is 4.79 Å². The van der Waals surface area contributed by atoms with Gasteiger partial charge in [0.25, 0.3) is 5.56 Å². The third-order valence-corrected chi connectivity index (χ3v) is 3.80. The Morgan fingerprint density at radius 1 is 0.909 bits per heavy atom. The zero-order valence-electron chi connectivity index (χ0n) is 13.1. The highest BCUT2D eigenvalue weighted by Gasteiger charge is 2.21. The van der Waals surface area contributed by atoms with Crippen LogP contribution in [0.3, 0.4) is 0 Å². The molecule has 0 aliphatic rings. The van der Waals surface area contributed by atoms with Gasteiger partial charge in [0, 0.05) is 28.4 Å². The number of pyridine rings is 1. The molecule has 0 saturated carbocycles.